The minimum atomic E-state index is -0.935. The highest BCUT2D eigenvalue weighted by Gasteiger charge is 2.44. The number of carbonyl (C=O) groups is 3. The van der Waals surface area contributed by atoms with Gasteiger partial charge in [-0.25, -0.2) is 4.98 Å². The van der Waals surface area contributed by atoms with Crippen molar-refractivity contribution in [1.82, 2.24) is 9.88 Å². The zero-order valence-corrected chi connectivity index (χ0v) is 18.7. The summed E-state index contributed by atoms with van der Waals surface area (Å²) in [6, 6.07) is 13.4. The first-order chi connectivity index (χ1) is 14.4. The lowest BCUT2D eigenvalue weighted by atomic mass is 10.0. The molecule has 0 radical (unpaired) electrons. The van der Waals surface area contributed by atoms with Crippen molar-refractivity contribution >= 4 is 50.1 Å². The molecule has 2 heterocycles. The van der Waals surface area contributed by atoms with E-state index in [4.69, 9.17) is 0 Å². The summed E-state index contributed by atoms with van der Waals surface area (Å²) in [6.45, 7) is 3.62. The van der Waals surface area contributed by atoms with Gasteiger partial charge in [-0.2, -0.15) is 0 Å². The number of anilines is 1. The first-order valence-electron chi connectivity index (χ1n) is 9.36. The van der Waals surface area contributed by atoms with Gasteiger partial charge in [0.15, 0.2) is 5.13 Å². The van der Waals surface area contributed by atoms with Crippen LogP contribution in [0, 0.1) is 5.92 Å². The summed E-state index contributed by atoms with van der Waals surface area (Å²) in [5.74, 6) is -1.59. The number of amides is 3. The molecule has 30 heavy (non-hydrogen) atoms. The Bertz CT molecular complexity index is 1120. The van der Waals surface area contributed by atoms with Crippen LogP contribution in [-0.2, 0) is 4.79 Å². The van der Waals surface area contributed by atoms with Gasteiger partial charge in [0, 0.05) is 15.4 Å². The molecule has 1 aliphatic heterocycles. The summed E-state index contributed by atoms with van der Waals surface area (Å²) >= 11 is 4.73. The van der Waals surface area contributed by atoms with Crippen molar-refractivity contribution in [3.63, 3.8) is 0 Å². The minimum Gasteiger partial charge on any atom is -0.300 e. The molecule has 0 bridgehead atoms. The molecule has 8 heteroatoms. The van der Waals surface area contributed by atoms with E-state index in [9.17, 15) is 14.4 Å². The summed E-state index contributed by atoms with van der Waals surface area (Å²) in [5.41, 5.74) is 2.31. The van der Waals surface area contributed by atoms with E-state index in [0.717, 1.165) is 20.6 Å². The zero-order chi connectivity index (χ0) is 21.4. The third-order valence-electron chi connectivity index (χ3n) is 4.86. The fourth-order valence-electron chi connectivity index (χ4n) is 3.47. The number of fused-ring (bicyclic) bond motifs is 1. The molecule has 1 aromatic heterocycles. The number of nitrogens with one attached hydrogen (secondary N) is 1. The topological polar surface area (TPSA) is 79.4 Å². The Balaban J connectivity index is 1.57. The Morgan fingerprint density at radius 2 is 1.73 bits per heavy atom. The Morgan fingerprint density at radius 3 is 2.33 bits per heavy atom. The number of hydrogen-bond donors (Lipinski definition) is 1. The highest BCUT2D eigenvalue weighted by molar-refractivity contribution is 9.10. The third kappa shape index (κ3) is 3.68. The normalized spacial score (nSPS) is 14.2. The molecule has 0 fully saturated rings. The molecule has 1 N–H and O–H groups in total. The van der Waals surface area contributed by atoms with E-state index in [2.05, 4.69) is 26.2 Å². The van der Waals surface area contributed by atoms with Crippen LogP contribution < -0.4 is 5.32 Å². The second kappa shape index (κ2) is 8.12. The Kier molecular flexibility index (Phi) is 5.53. The molecule has 1 aliphatic rings. The van der Waals surface area contributed by atoms with Crippen molar-refractivity contribution in [1.29, 1.82) is 0 Å². The van der Waals surface area contributed by atoms with E-state index >= 15 is 0 Å². The van der Waals surface area contributed by atoms with Crippen molar-refractivity contribution < 1.29 is 14.4 Å². The molecule has 0 saturated carbocycles. The van der Waals surface area contributed by atoms with Gasteiger partial charge in [-0.3, -0.25) is 19.3 Å². The Hall–Kier alpha value is -2.84. The highest BCUT2D eigenvalue weighted by atomic mass is 79.9. The molecule has 1 unspecified atom stereocenters. The smallest absolute Gasteiger partial charge is 0.262 e. The number of halogens is 1. The summed E-state index contributed by atoms with van der Waals surface area (Å²) in [4.78, 5) is 44.3. The van der Waals surface area contributed by atoms with Gasteiger partial charge in [-0.15, -0.1) is 11.3 Å². The van der Waals surface area contributed by atoms with Crippen LogP contribution in [0.15, 0.2) is 58.4 Å². The van der Waals surface area contributed by atoms with E-state index < -0.39 is 23.8 Å². The molecule has 4 rings (SSSR count). The van der Waals surface area contributed by atoms with Crippen molar-refractivity contribution in [2.75, 3.05) is 5.32 Å². The molecule has 3 amide bonds. The SMILES string of the molecule is CC(C)C(C(=O)Nc1nc(-c2cccc(Br)c2)cs1)N1C(=O)c2ccccc2C1=O. The van der Waals surface area contributed by atoms with Crippen LogP contribution in [-0.4, -0.2) is 33.6 Å². The van der Waals surface area contributed by atoms with E-state index in [-0.39, 0.29) is 5.92 Å². The molecule has 6 nitrogen and oxygen atoms in total. The van der Waals surface area contributed by atoms with Gasteiger partial charge in [-0.05, 0) is 30.2 Å². The van der Waals surface area contributed by atoms with E-state index in [0.29, 0.717) is 16.3 Å². The van der Waals surface area contributed by atoms with E-state index in [1.54, 1.807) is 24.3 Å². The summed E-state index contributed by atoms with van der Waals surface area (Å²) in [7, 11) is 0. The van der Waals surface area contributed by atoms with Gasteiger partial charge >= 0.3 is 0 Å². The van der Waals surface area contributed by atoms with Gasteiger partial charge in [0.1, 0.15) is 6.04 Å². The predicted octanol–water partition coefficient (Wildman–Crippen LogP) is 4.83. The van der Waals surface area contributed by atoms with Crippen molar-refractivity contribution in [3.05, 3.63) is 69.5 Å². The number of thiazole rings is 1. The molecule has 0 aliphatic carbocycles. The maximum atomic E-state index is 13.1. The quantitative estimate of drug-likeness (QED) is 0.526. The number of nitrogens with zero attached hydrogens (tertiary/aromatic N) is 2. The standard InChI is InChI=1S/C22H18BrN3O3S/c1-12(2)18(26-20(28)15-8-3-4-9-16(15)21(26)29)19(27)25-22-24-17(11-30-22)13-6-5-7-14(23)10-13/h3-12,18H,1-2H3,(H,24,25,27). The molecule has 2 aromatic carbocycles. The fraction of sp³-hybridized carbons (Fsp3) is 0.182. The highest BCUT2D eigenvalue weighted by Crippen LogP contribution is 2.30. The van der Waals surface area contributed by atoms with Gasteiger partial charge < -0.3 is 5.32 Å². The first kappa shape index (κ1) is 20.4. The second-order valence-electron chi connectivity index (χ2n) is 7.25. The lowest BCUT2D eigenvalue weighted by Gasteiger charge is -2.27. The van der Waals surface area contributed by atoms with Crippen LogP contribution in [0.2, 0.25) is 0 Å². The Labute approximate surface area is 186 Å². The molecular weight excluding hydrogens is 466 g/mol. The van der Waals surface area contributed by atoms with Gasteiger partial charge in [0.25, 0.3) is 11.8 Å². The maximum Gasteiger partial charge on any atom is 0.262 e. The van der Waals surface area contributed by atoms with Gasteiger partial charge in [0.2, 0.25) is 5.91 Å². The number of benzene rings is 2. The lowest BCUT2D eigenvalue weighted by molar-refractivity contribution is -0.121. The lowest BCUT2D eigenvalue weighted by Crippen LogP contribution is -2.50. The second-order valence-corrected chi connectivity index (χ2v) is 9.03. The van der Waals surface area contributed by atoms with Crippen molar-refractivity contribution in [2.24, 2.45) is 5.92 Å². The fourth-order valence-corrected chi connectivity index (χ4v) is 4.59. The third-order valence-corrected chi connectivity index (χ3v) is 6.11. The Morgan fingerprint density at radius 1 is 1.07 bits per heavy atom. The molecule has 152 valence electrons. The summed E-state index contributed by atoms with van der Waals surface area (Å²) < 4.78 is 0.934. The molecule has 3 aromatic rings. The molecular formula is C22H18BrN3O3S. The van der Waals surface area contributed by atoms with Crippen LogP contribution in [0.3, 0.4) is 0 Å². The van der Waals surface area contributed by atoms with Crippen molar-refractivity contribution in [3.8, 4) is 11.3 Å². The minimum absolute atomic E-state index is 0.267. The maximum absolute atomic E-state index is 13.1. The number of hydrogen-bond acceptors (Lipinski definition) is 5. The molecule has 1 atom stereocenters. The van der Waals surface area contributed by atoms with Crippen LogP contribution >= 0.6 is 27.3 Å². The monoisotopic (exact) mass is 483 g/mol. The van der Waals surface area contributed by atoms with Gasteiger partial charge in [0.05, 0.1) is 16.8 Å². The molecule has 0 spiro atoms. The number of imide groups is 1. The number of carbonyl (C=O) groups excluding carboxylic acids is 3. The number of rotatable bonds is 5. The molecule has 0 saturated heterocycles. The number of aromatic nitrogens is 1. The van der Waals surface area contributed by atoms with E-state index in [1.165, 1.54) is 11.3 Å². The zero-order valence-electron chi connectivity index (χ0n) is 16.3. The van der Waals surface area contributed by atoms with E-state index in [1.807, 2.05) is 43.5 Å². The summed E-state index contributed by atoms with van der Waals surface area (Å²) in [5, 5.41) is 5.05. The first-order valence-corrected chi connectivity index (χ1v) is 11.0. The van der Waals surface area contributed by atoms with Gasteiger partial charge in [-0.1, -0.05) is 54.0 Å². The predicted molar refractivity (Wildman–Crippen MR) is 119 cm³/mol. The van der Waals surface area contributed by atoms with Crippen LogP contribution in [0.5, 0.6) is 0 Å². The largest absolute Gasteiger partial charge is 0.300 e. The summed E-state index contributed by atoms with van der Waals surface area (Å²) in [6.07, 6.45) is 0. The van der Waals surface area contributed by atoms with Crippen molar-refractivity contribution in [2.45, 2.75) is 19.9 Å². The average Bonchev–Trinajstić information content (AvgIpc) is 3.27. The van der Waals surface area contributed by atoms with Crippen LogP contribution in [0.4, 0.5) is 5.13 Å². The van der Waals surface area contributed by atoms with Crippen LogP contribution in [0.25, 0.3) is 11.3 Å². The average molecular weight is 484 g/mol. The van der Waals surface area contributed by atoms with Crippen LogP contribution in [0.1, 0.15) is 34.6 Å².